The lowest BCUT2D eigenvalue weighted by Crippen LogP contribution is -2.36. The lowest BCUT2D eigenvalue weighted by molar-refractivity contribution is -0.190. The van der Waals surface area contributed by atoms with E-state index in [4.69, 9.17) is 5.11 Å². The number of carbonyl (C=O) groups excluding carboxylic acids is 1. The number of alkyl halides is 3. The Morgan fingerprint density at radius 2 is 1.90 bits per heavy atom. The number of carboxylic acid groups (broad SMARTS) is 1. The fourth-order valence-electron chi connectivity index (χ4n) is 1.47. The van der Waals surface area contributed by atoms with Gasteiger partial charge < -0.3 is 15.7 Å². The maximum Gasteiger partial charge on any atom is 0.403 e. The molecule has 0 heterocycles. The lowest BCUT2D eigenvalue weighted by Gasteiger charge is -2.17. The van der Waals surface area contributed by atoms with Gasteiger partial charge in [0.05, 0.1) is 0 Å². The molecule has 0 aliphatic rings. The van der Waals surface area contributed by atoms with Crippen LogP contribution >= 0.6 is 0 Å². The summed E-state index contributed by atoms with van der Waals surface area (Å²) < 4.78 is 37.3. The molecule has 8 heteroatoms. The van der Waals surface area contributed by atoms with Gasteiger partial charge in [-0.1, -0.05) is 6.07 Å². The molecule has 5 nitrogen and oxygen atoms in total. The SMILES string of the molecule is CC(=O)Nc1cccc(NCC(C(=O)O)C(F)(F)F)c1. The number of hydrogen-bond acceptors (Lipinski definition) is 3. The van der Waals surface area contributed by atoms with Crippen LogP contribution in [0.3, 0.4) is 0 Å². The van der Waals surface area contributed by atoms with Crippen molar-refractivity contribution >= 4 is 23.3 Å². The minimum absolute atomic E-state index is 0.284. The fourth-order valence-corrected chi connectivity index (χ4v) is 1.47. The third-order valence-corrected chi connectivity index (χ3v) is 2.39. The van der Waals surface area contributed by atoms with Crippen molar-refractivity contribution in [3.8, 4) is 0 Å². The Bertz CT molecular complexity index is 503. The molecule has 110 valence electrons. The average molecular weight is 290 g/mol. The molecule has 0 bridgehead atoms. The Kier molecular flexibility index (Phi) is 4.95. The van der Waals surface area contributed by atoms with Gasteiger partial charge in [-0.25, -0.2) is 0 Å². The normalized spacial score (nSPS) is 12.6. The van der Waals surface area contributed by atoms with Crippen LogP contribution < -0.4 is 10.6 Å². The van der Waals surface area contributed by atoms with Crippen molar-refractivity contribution in [2.45, 2.75) is 13.1 Å². The van der Waals surface area contributed by atoms with Crippen LogP contribution in [0.25, 0.3) is 0 Å². The summed E-state index contributed by atoms with van der Waals surface area (Å²) in [4.78, 5) is 21.4. The maximum atomic E-state index is 12.4. The standard InChI is InChI=1S/C12H13F3N2O3/c1-7(18)17-9-4-2-3-8(5-9)16-6-10(11(19)20)12(13,14)15/h2-5,10,16H,6H2,1H3,(H,17,18)(H,19,20). The molecule has 1 aromatic rings. The number of hydrogen-bond donors (Lipinski definition) is 3. The number of halogens is 3. The van der Waals surface area contributed by atoms with Crippen LogP contribution in [0.1, 0.15) is 6.92 Å². The largest absolute Gasteiger partial charge is 0.481 e. The van der Waals surface area contributed by atoms with Gasteiger partial charge in [0, 0.05) is 24.8 Å². The van der Waals surface area contributed by atoms with Crippen LogP contribution in [-0.4, -0.2) is 29.7 Å². The zero-order valence-corrected chi connectivity index (χ0v) is 10.5. The number of carboxylic acids is 1. The third-order valence-electron chi connectivity index (χ3n) is 2.39. The first-order chi connectivity index (χ1) is 9.20. The van der Waals surface area contributed by atoms with E-state index in [2.05, 4.69) is 10.6 Å². The molecule has 0 aliphatic heterocycles. The summed E-state index contributed by atoms with van der Waals surface area (Å²) in [6.45, 7) is 0.507. The number of benzene rings is 1. The minimum atomic E-state index is -4.83. The summed E-state index contributed by atoms with van der Waals surface area (Å²) in [5, 5.41) is 13.4. The molecule has 0 saturated heterocycles. The molecule has 1 amide bonds. The van der Waals surface area contributed by atoms with Gasteiger partial charge in [0.2, 0.25) is 5.91 Å². The zero-order chi connectivity index (χ0) is 15.3. The van der Waals surface area contributed by atoms with Gasteiger partial charge in [-0.05, 0) is 18.2 Å². The summed E-state index contributed by atoms with van der Waals surface area (Å²) >= 11 is 0. The van der Waals surface area contributed by atoms with Gasteiger partial charge in [0.1, 0.15) is 0 Å². The zero-order valence-electron chi connectivity index (χ0n) is 10.5. The Balaban J connectivity index is 2.73. The van der Waals surface area contributed by atoms with Crippen molar-refractivity contribution in [3.63, 3.8) is 0 Å². The Morgan fingerprint density at radius 1 is 1.30 bits per heavy atom. The molecular formula is C12H13F3N2O3. The first kappa shape index (κ1) is 15.8. The number of aliphatic carboxylic acids is 1. The second-order valence-corrected chi connectivity index (χ2v) is 4.08. The van der Waals surface area contributed by atoms with Crippen molar-refractivity contribution in [1.29, 1.82) is 0 Å². The van der Waals surface area contributed by atoms with E-state index >= 15 is 0 Å². The van der Waals surface area contributed by atoms with Gasteiger partial charge in [0.15, 0.2) is 5.92 Å². The topological polar surface area (TPSA) is 78.4 Å². The molecule has 0 fully saturated rings. The number of amides is 1. The van der Waals surface area contributed by atoms with Crippen LogP contribution in [0.4, 0.5) is 24.5 Å². The van der Waals surface area contributed by atoms with E-state index in [-0.39, 0.29) is 11.6 Å². The van der Waals surface area contributed by atoms with E-state index in [1.807, 2.05) is 0 Å². The highest BCUT2D eigenvalue weighted by Crippen LogP contribution is 2.27. The summed E-state index contributed by atoms with van der Waals surface area (Å²) in [6.07, 6.45) is -4.83. The first-order valence-electron chi connectivity index (χ1n) is 5.61. The number of carbonyl (C=O) groups is 2. The van der Waals surface area contributed by atoms with Crippen LogP contribution in [0, 0.1) is 5.92 Å². The second kappa shape index (κ2) is 6.27. The molecule has 0 saturated carbocycles. The van der Waals surface area contributed by atoms with Crippen molar-refractivity contribution in [3.05, 3.63) is 24.3 Å². The number of nitrogens with one attached hydrogen (secondary N) is 2. The molecule has 1 unspecified atom stereocenters. The summed E-state index contributed by atoms with van der Waals surface area (Å²) in [6, 6.07) is 5.97. The minimum Gasteiger partial charge on any atom is -0.481 e. The van der Waals surface area contributed by atoms with E-state index in [0.717, 1.165) is 0 Å². The molecule has 1 aromatic carbocycles. The quantitative estimate of drug-likeness (QED) is 0.777. The predicted octanol–water partition coefficient (Wildman–Crippen LogP) is 2.32. The lowest BCUT2D eigenvalue weighted by atomic mass is 10.1. The predicted molar refractivity (Wildman–Crippen MR) is 66.4 cm³/mol. The highest BCUT2D eigenvalue weighted by molar-refractivity contribution is 5.89. The van der Waals surface area contributed by atoms with E-state index in [1.165, 1.54) is 25.1 Å². The van der Waals surface area contributed by atoms with Gasteiger partial charge >= 0.3 is 12.1 Å². The summed E-state index contributed by atoms with van der Waals surface area (Å²) in [7, 11) is 0. The Morgan fingerprint density at radius 3 is 2.40 bits per heavy atom. The van der Waals surface area contributed by atoms with Crippen molar-refractivity contribution in [2.75, 3.05) is 17.2 Å². The smallest absolute Gasteiger partial charge is 0.403 e. The summed E-state index contributed by atoms with van der Waals surface area (Å²) in [5.74, 6) is -4.75. The Labute approximate surface area is 112 Å². The van der Waals surface area contributed by atoms with E-state index in [0.29, 0.717) is 5.69 Å². The number of anilines is 2. The molecule has 0 radical (unpaired) electrons. The average Bonchev–Trinajstić information content (AvgIpc) is 2.26. The van der Waals surface area contributed by atoms with Gasteiger partial charge in [-0.15, -0.1) is 0 Å². The van der Waals surface area contributed by atoms with Crippen LogP contribution in [0.2, 0.25) is 0 Å². The van der Waals surface area contributed by atoms with Crippen LogP contribution in [0.15, 0.2) is 24.3 Å². The molecule has 0 aromatic heterocycles. The highest BCUT2D eigenvalue weighted by atomic mass is 19.4. The fraction of sp³-hybridized carbons (Fsp3) is 0.333. The Hall–Kier alpha value is -2.25. The second-order valence-electron chi connectivity index (χ2n) is 4.08. The molecule has 0 aliphatic carbocycles. The van der Waals surface area contributed by atoms with Crippen molar-refractivity contribution in [2.24, 2.45) is 5.92 Å². The highest BCUT2D eigenvalue weighted by Gasteiger charge is 2.44. The molecule has 0 spiro atoms. The van der Waals surface area contributed by atoms with Crippen molar-refractivity contribution in [1.82, 2.24) is 0 Å². The molecule has 1 atom stereocenters. The van der Waals surface area contributed by atoms with Gasteiger partial charge in [-0.2, -0.15) is 13.2 Å². The van der Waals surface area contributed by atoms with Crippen molar-refractivity contribution < 1.29 is 27.9 Å². The number of rotatable bonds is 5. The third kappa shape index (κ3) is 4.79. The monoisotopic (exact) mass is 290 g/mol. The van der Waals surface area contributed by atoms with Gasteiger partial charge in [0.25, 0.3) is 0 Å². The van der Waals surface area contributed by atoms with Crippen LogP contribution in [-0.2, 0) is 9.59 Å². The first-order valence-corrected chi connectivity index (χ1v) is 5.61. The molecule has 20 heavy (non-hydrogen) atoms. The summed E-state index contributed by atoms with van der Waals surface area (Å²) in [5.41, 5.74) is 0.688. The van der Waals surface area contributed by atoms with E-state index in [1.54, 1.807) is 6.07 Å². The van der Waals surface area contributed by atoms with Crippen LogP contribution in [0.5, 0.6) is 0 Å². The van der Waals surface area contributed by atoms with E-state index in [9.17, 15) is 22.8 Å². The van der Waals surface area contributed by atoms with E-state index < -0.39 is 24.6 Å². The maximum absolute atomic E-state index is 12.4. The molecule has 3 N–H and O–H groups in total. The molecule has 1 rings (SSSR count). The van der Waals surface area contributed by atoms with Gasteiger partial charge in [-0.3, -0.25) is 9.59 Å². The molecular weight excluding hydrogens is 277 g/mol.